The van der Waals surface area contributed by atoms with Gasteiger partial charge < -0.3 is 9.84 Å². The lowest BCUT2D eigenvalue weighted by molar-refractivity contribution is -0.130. The van der Waals surface area contributed by atoms with Crippen molar-refractivity contribution in [1.82, 2.24) is 0 Å². The standard InChI is InChI=1S/C10H8FNO3/c11-7-3-1-2-6(4-7)8-5-15-9(12-8)10(13)14/h1-4,8H,5H2,(H,13,14). The van der Waals surface area contributed by atoms with Gasteiger partial charge in [-0.3, -0.25) is 0 Å². The third-order valence-electron chi connectivity index (χ3n) is 2.07. The van der Waals surface area contributed by atoms with Crippen LogP contribution in [0.25, 0.3) is 0 Å². The van der Waals surface area contributed by atoms with Gasteiger partial charge in [-0.2, -0.15) is 0 Å². The Kier molecular flexibility index (Phi) is 2.37. The first-order valence-corrected chi connectivity index (χ1v) is 4.36. The fourth-order valence-electron chi connectivity index (χ4n) is 1.38. The molecule has 0 saturated heterocycles. The van der Waals surface area contributed by atoms with Gasteiger partial charge in [-0.25, -0.2) is 14.2 Å². The van der Waals surface area contributed by atoms with Crippen LogP contribution < -0.4 is 0 Å². The molecule has 1 atom stereocenters. The second-order valence-corrected chi connectivity index (χ2v) is 3.12. The Hall–Kier alpha value is -1.91. The Bertz CT molecular complexity index is 430. The Morgan fingerprint density at radius 1 is 1.60 bits per heavy atom. The number of rotatable bonds is 2. The summed E-state index contributed by atoms with van der Waals surface area (Å²) in [6.07, 6.45) is 0. The summed E-state index contributed by atoms with van der Waals surface area (Å²) >= 11 is 0. The highest BCUT2D eigenvalue weighted by molar-refractivity contribution is 6.32. The molecular formula is C10H8FNO3. The van der Waals surface area contributed by atoms with E-state index in [1.54, 1.807) is 12.1 Å². The number of carboxylic acids is 1. The topological polar surface area (TPSA) is 58.9 Å². The minimum Gasteiger partial charge on any atom is -0.474 e. The quantitative estimate of drug-likeness (QED) is 0.800. The molecule has 1 aromatic rings. The van der Waals surface area contributed by atoms with Crippen LogP contribution in [-0.2, 0) is 9.53 Å². The maximum atomic E-state index is 12.9. The van der Waals surface area contributed by atoms with Crippen LogP contribution in [0.2, 0.25) is 0 Å². The van der Waals surface area contributed by atoms with E-state index in [1.165, 1.54) is 12.1 Å². The summed E-state index contributed by atoms with van der Waals surface area (Å²) in [5.74, 6) is -1.88. The highest BCUT2D eigenvalue weighted by Crippen LogP contribution is 2.23. The third-order valence-corrected chi connectivity index (χ3v) is 2.07. The average molecular weight is 209 g/mol. The van der Waals surface area contributed by atoms with Crippen LogP contribution in [0.4, 0.5) is 4.39 Å². The van der Waals surface area contributed by atoms with E-state index >= 15 is 0 Å². The van der Waals surface area contributed by atoms with E-state index < -0.39 is 12.0 Å². The van der Waals surface area contributed by atoms with Crippen molar-refractivity contribution in [3.8, 4) is 0 Å². The Balaban J connectivity index is 2.24. The van der Waals surface area contributed by atoms with Gasteiger partial charge in [-0.05, 0) is 17.7 Å². The number of hydrogen-bond donors (Lipinski definition) is 1. The van der Waals surface area contributed by atoms with Gasteiger partial charge in [-0.15, -0.1) is 0 Å². The van der Waals surface area contributed by atoms with Gasteiger partial charge in [-0.1, -0.05) is 12.1 Å². The van der Waals surface area contributed by atoms with Crippen molar-refractivity contribution in [2.24, 2.45) is 4.99 Å². The molecule has 1 heterocycles. The molecule has 78 valence electrons. The number of hydrogen-bond acceptors (Lipinski definition) is 3. The van der Waals surface area contributed by atoms with E-state index in [4.69, 9.17) is 9.84 Å². The zero-order valence-electron chi connectivity index (χ0n) is 7.68. The van der Waals surface area contributed by atoms with Gasteiger partial charge >= 0.3 is 5.97 Å². The highest BCUT2D eigenvalue weighted by atomic mass is 19.1. The van der Waals surface area contributed by atoms with Gasteiger partial charge in [0.25, 0.3) is 5.90 Å². The SMILES string of the molecule is O=C(O)C1=NC(c2cccc(F)c2)CO1. The molecule has 0 aromatic heterocycles. The van der Waals surface area contributed by atoms with Crippen molar-refractivity contribution in [1.29, 1.82) is 0 Å². The maximum Gasteiger partial charge on any atom is 0.391 e. The van der Waals surface area contributed by atoms with Gasteiger partial charge in [0.05, 0.1) is 0 Å². The molecule has 1 unspecified atom stereocenters. The average Bonchev–Trinajstić information content (AvgIpc) is 2.66. The van der Waals surface area contributed by atoms with E-state index in [-0.39, 0.29) is 18.3 Å². The molecule has 15 heavy (non-hydrogen) atoms. The van der Waals surface area contributed by atoms with Crippen LogP contribution in [0.15, 0.2) is 29.3 Å². The Morgan fingerprint density at radius 2 is 2.40 bits per heavy atom. The summed E-state index contributed by atoms with van der Waals surface area (Å²) in [6.45, 7) is 0.144. The van der Waals surface area contributed by atoms with Crippen LogP contribution >= 0.6 is 0 Å². The molecule has 0 fully saturated rings. The van der Waals surface area contributed by atoms with Crippen LogP contribution in [-0.4, -0.2) is 23.6 Å². The van der Waals surface area contributed by atoms with Crippen molar-refractivity contribution in [3.05, 3.63) is 35.6 Å². The van der Waals surface area contributed by atoms with Crippen LogP contribution in [0, 0.1) is 5.82 Å². The molecule has 1 aliphatic heterocycles. The summed E-state index contributed by atoms with van der Waals surface area (Å²) in [5.41, 5.74) is 0.617. The lowest BCUT2D eigenvalue weighted by Gasteiger charge is -2.04. The van der Waals surface area contributed by atoms with E-state index in [0.29, 0.717) is 5.56 Å². The van der Waals surface area contributed by atoms with E-state index in [0.717, 1.165) is 0 Å². The predicted octanol–water partition coefficient (Wildman–Crippen LogP) is 1.38. The zero-order chi connectivity index (χ0) is 10.8. The molecule has 0 saturated carbocycles. The van der Waals surface area contributed by atoms with E-state index in [2.05, 4.69) is 4.99 Å². The molecule has 0 spiro atoms. The van der Waals surface area contributed by atoms with Crippen molar-refractivity contribution in [3.63, 3.8) is 0 Å². The van der Waals surface area contributed by atoms with Gasteiger partial charge in [0.1, 0.15) is 18.5 Å². The minimum atomic E-state index is -1.20. The largest absolute Gasteiger partial charge is 0.474 e. The molecule has 1 N–H and O–H groups in total. The second-order valence-electron chi connectivity index (χ2n) is 3.12. The molecule has 4 nitrogen and oxygen atoms in total. The molecule has 0 bridgehead atoms. The molecule has 5 heteroatoms. The van der Waals surface area contributed by atoms with Crippen LogP contribution in [0.3, 0.4) is 0 Å². The normalized spacial score (nSPS) is 19.5. The minimum absolute atomic E-state index is 0.144. The number of ether oxygens (including phenoxy) is 1. The summed E-state index contributed by atoms with van der Waals surface area (Å²) < 4.78 is 17.7. The van der Waals surface area contributed by atoms with Gasteiger partial charge in [0.15, 0.2) is 0 Å². The zero-order valence-corrected chi connectivity index (χ0v) is 7.68. The molecule has 1 aromatic carbocycles. The number of aliphatic carboxylic acids is 1. The summed E-state index contributed by atoms with van der Waals surface area (Å²) in [7, 11) is 0. The fourth-order valence-corrected chi connectivity index (χ4v) is 1.38. The number of nitrogens with zero attached hydrogens (tertiary/aromatic N) is 1. The highest BCUT2D eigenvalue weighted by Gasteiger charge is 2.25. The van der Waals surface area contributed by atoms with Crippen molar-refractivity contribution in [2.45, 2.75) is 6.04 Å². The van der Waals surface area contributed by atoms with Crippen molar-refractivity contribution in [2.75, 3.05) is 6.61 Å². The number of carboxylic acid groups (broad SMARTS) is 1. The Morgan fingerprint density at radius 3 is 3.00 bits per heavy atom. The number of benzene rings is 1. The van der Waals surface area contributed by atoms with Gasteiger partial charge in [0, 0.05) is 0 Å². The first-order valence-electron chi connectivity index (χ1n) is 4.36. The van der Waals surface area contributed by atoms with Gasteiger partial charge in [0.2, 0.25) is 0 Å². The molecule has 2 rings (SSSR count). The molecule has 0 radical (unpaired) electrons. The van der Waals surface area contributed by atoms with Crippen molar-refractivity contribution < 1.29 is 19.0 Å². The number of halogens is 1. The molecule has 0 aliphatic carbocycles. The Labute approximate surface area is 85.0 Å². The van der Waals surface area contributed by atoms with Crippen LogP contribution in [0.5, 0.6) is 0 Å². The summed E-state index contributed by atoms with van der Waals surface area (Å²) in [5, 5.41) is 8.60. The lowest BCUT2D eigenvalue weighted by atomic mass is 10.1. The van der Waals surface area contributed by atoms with E-state index in [1.807, 2.05) is 0 Å². The second kappa shape index (κ2) is 3.68. The molecular weight excluding hydrogens is 201 g/mol. The first-order chi connectivity index (χ1) is 7.16. The van der Waals surface area contributed by atoms with E-state index in [9.17, 15) is 9.18 Å². The van der Waals surface area contributed by atoms with Crippen molar-refractivity contribution >= 4 is 11.9 Å². The fraction of sp³-hybridized carbons (Fsp3) is 0.200. The summed E-state index contributed by atoms with van der Waals surface area (Å²) in [4.78, 5) is 14.3. The monoisotopic (exact) mass is 209 g/mol. The molecule has 0 amide bonds. The summed E-state index contributed by atoms with van der Waals surface area (Å²) in [6, 6.07) is 5.46. The predicted molar refractivity (Wildman–Crippen MR) is 50.2 cm³/mol. The number of carbonyl (C=O) groups is 1. The molecule has 1 aliphatic rings. The smallest absolute Gasteiger partial charge is 0.391 e. The number of aliphatic imine (C=N–C) groups is 1. The lowest BCUT2D eigenvalue weighted by Crippen LogP contribution is -2.12. The van der Waals surface area contributed by atoms with Crippen LogP contribution in [0.1, 0.15) is 11.6 Å². The third kappa shape index (κ3) is 1.96. The first kappa shape index (κ1) is 9.64. The maximum absolute atomic E-state index is 12.9.